The van der Waals surface area contributed by atoms with Gasteiger partial charge in [-0.15, -0.1) is 11.3 Å². The summed E-state index contributed by atoms with van der Waals surface area (Å²) in [6, 6.07) is -0.0791. The van der Waals surface area contributed by atoms with Crippen molar-refractivity contribution in [3.05, 3.63) is 35.2 Å². The van der Waals surface area contributed by atoms with E-state index >= 15 is 4.39 Å². The molecule has 4 heterocycles. The maximum atomic E-state index is 15.1. The maximum absolute atomic E-state index is 15.1. The van der Waals surface area contributed by atoms with Crippen molar-refractivity contribution >= 4 is 34.7 Å². The van der Waals surface area contributed by atoms with Gasteiger partial charge in [0.15, 0.2) is 11.6 Å². The molecular weight excluding hydrogens is 381 g/mol. The molecule has 0 radical (unpaired) electrons. The van der Waals surface area contributed by atoms with Gasteiger partial charge in [-0.3, -0.25) is 9.59 Å². The average Bonchev–Trinajstić information content (AvgIpc) is 3.13. The molecule has 2 aliphatic rings. The van der Waals surface area contributed by atoms with Crippen molar-refractivity contribution in [3.63, 3.8) is 0 Å². The highest BCUT2D eigenvalue weighted by molar-refractivity contribution is 7.15. The van der Waals surface area contributed by atoms with E-state index in [0.717, 1.165) is 22.7 Å². The number of piperidine rings is 1. The van der Waals surface area contributed by atoms with Crippen LogP contribution in [0.2, 0.25) is 0 Å². The summed E-state index contributed by atoms with van der Waals surface area (Å²) >= 11 is 1.41. The number of nitrogens with zero attached hydrogens (tertiary/aromatic N) is 4. The molecule has 1 saturated heterocycles. The molecule has 0 aromatic carbocycles. The number of pyridine rings is 1. The van der Waals surface area contributed by atoms with E-state index in [9.17, 15) is 9.59 Å². The first-order valence-corrected chi connectivity index (χ1v) is 9.84. The SMILES string of the molecule is C=CC(=O)N1CCC[C@@H](N(C)c2nc(-c3cnc(C)s3)c3c(c2F)NC3=O)C1. The van der Waals surface area contributed by atoms with Gasteiger partial charge >= 0.3 is 0 Å². The highest BCUT2D eigenvalue weighted by Crippen LogP contribution is 2.41. The van der Waals surface area contributed by atoms with Gasteiger partial charge in [-0.05, 0) is 25.8 Å². The number of carbonyl (C=O) groups is 2. The minimum Gasteiger partial charge on any atom is -0.352 e. The lowest BCUT2D eigenvalue weighted by Gasteiger charge is -2.38. The minimum absolute atomic E-state index is 0.0791. The Bertz CT molecular complexity index is 989. The monoisotopic (exact) mass is 401 g/mol. The van der Waals surface area contributed by atoms with Crippen molar-refractivity contribution < 1.29 is 14.0 Å². The van der Waals surface area contributed by atoms with E-state index in [0.29, 0.717) is 18.8 Å². The summed E-state index contributed by atoms with van der Waals surface area (Å²) < 4.78 is 15.1. The Kier molecular flexibility index (Phi) is 4.62. The van der Waals surface area contributed by atoms with Gasteiger partial charge in [-0.25, -0.2) is 14.4 Å². The van der Waals surface area contributed by atoms with Crippen LogP contribution in [0.25, 0.3) is 10.6 Å². The molecule has 2 amide bonds. The van der Waals surface area contributed by atoms with Gasteiger partial charge in [0, 0.05) is 32.4 Å². The quantitative estimate of drug-likeness (QED) is 0.797. The van der Waals surface area contributed by atoms with Crippen LogP contribution in [0.1, 0.15) is 28.2 Å². The summed E-state index contributed by atoms with van der Waals surface area (Å²) in [6.45, 7) is 6.54. The van der Waals surface area contributed by atoms with Crippen molar-refractivity contribution in [1.29, 1.82) is 0 Å². The van der Waals surface area contributed by atoms with E-state index in [4.69, 9.17) is 0 Å². The topological polar surface area (TPSA) is 78.4 Å². The number of nitrogens with one attached hydrogen (secondary N) is 1. The number of thiazole rings is 1. The van der Waals surface area contributed by atoms with Crippen LogP contribution in [0.15, 0.2) is 18.9 Å². The zero-order valence-corrected chi connectivity index (χ0v) is 16.5. The minimum atomic E-state index is -0.547. The van der Waals surface area contributed by atoms with Crippen LogP contribution in [-0.4, -0.2) is 52.9 Å². The molecule has 1 fully saturated rings. The third-order valence-corrected chi connectivity index (χ3v) is 6.12. The zero-order chi connectivity index (χ0) is 20.0. The van der Waals surface area contributed by atoms with Crippen molar-refractivity contribution in [3.8, 4) is 10.6 Å². The van der Waals surface area contributed by atoms with E-state index < -0.39 is 5.82 Å². The Morgan fingerprint density at radius 2 is 2.32 bits per heavy atom. The first kappa shape index (κ1) is 18.5. The number of aryl methyl sites for hydroxylation is 1. The lowest BCUT2D eigenvalue weighted by atomic mass is 10.0. The van der Waals surface area contributed by atoms with Crippen LogP contribution in [0, 0.1) is 12.7 Å². The molecule has 2 aromatic heterocycles. The van der Waals surface area contributed by atoms with Crippen molar-refractivity contribution in [2.24, 2.45) is 0 Å². The molecule has 146 valence electrons. The largest absolute Gasteiger partial charge is 0.352 e. The summed E-state index contributed by atoms with van der Waals surface area (Å²) in [5.41, 5.74) is 0.894. The molecule has 0 bridgehead atoms. The van der Waals surface area contributed by atoms with Crippen LogP contribution in [0.5, 0.6) is 0 Å². The van der Waals surface area contributed by atoms with Crippen LogP contribution in [0.4, 0.5) is 15.9 Å². The number of likely N-dealkylation sites (N-methyl/N-ethyl adjacent to an activating group) is 1. The number of aromatic nitrogens is 2. The first-order valence-electron chi connectivity index (χ1n) is 9.02. The third kappa shape index (κ3) is 2.95. The van der Waals surface area contributed by atoms with Crippen LogP contribution in [-0.2, 0) is 4.79 Å². The highest BCUT2D eigenvalue weighted by atomic mass is 32.1. The summed E-state index contributed by atoms with van der Waals surface area (Å²) in [7, 11) is 1.77. The average molecular weight is 401 g/mol. The van der Waals surface area contributed by atoms with E-state index in [1.54, 1.807) is 23.0 Å². The molecule has 7 nitrogen and oxygen atoms in total. The van der Waals surface area contributed by atoms with Crippen LogP contribution in [0.3, 0.4) is 0 Å². The zero-order valence-electron chi connectivity index (χ0n) is 15.7. The normalized spacial score (nSPS) is 18.2. The number of hydrogen-bond acceptors (Lipinski definition) is 6. The van der Waals surface area contributed by atoms with E-state index in [1.165, 1.54) is 17.4 Å². The number of hydrogen-bond donors (Lipinski definition) is 1. The Hall–Kier alpha value is -2.81. The number of fused-ring (bicyclic) bond motifs is 1. The second-order valence-electron chi connectivity index (χ2n) is 6.94. The van der Waals surface area contributed by atoms with Gasteiger partial charge in [0.25, 0.3) is 5.91 Å². The Morgan fingerprint density at radius 1 is 1.54 bits per heavy atom. The van der Waals surface area contributed by atoms with Crippen molar-refractivity contribution in [2.75, 3.05) is 30.4 Å². The standard InChI is InChI=1S/C19H20FN5O2S/c1-4-13(26)25-7-5-6-11(9-25)24(3)18-15(20)17-14(19(27)23-17)16(22-18)12-8-21-10(2)28-12/h4,8,11H,1,5-7,9H2,2-3H3,(H,23,27)/t11-/m1/s1. The Labute approximate surface area is 165 Å². The number of carbonyl (C=O) groups excluding carboxylic acids is 2. The fraction of sp³-hybridized carbons (Fsp3) is 0.368. The second-order valence-corrected chi connectivity index (χ2v) is 8.18. The molecule has 1 atom stereocenters. The molecule has 0 aliphatic carbocycles. The lowest BCUT2D eigenvalue weighted by molar-refractivity contribution is -0.127. The molecule has 0 spiro atoms. The van der Waals surface area contributed by atoms with E-state index in [2.05, 4.69) is 21.9 Å². The van der Waals surface area contributed by atoms with Gasteiger partial charge < -0.3 is 15.1 Å². The number of rotatable bonds is 4. The fourth-order valence-corrected chi connectivity index (χ4v) is 4.43. The fourth-order valence-electron chi connectivity index (χ4n) is 3.66. The predicted molar refractivity (Wildman–Crippen MR) is 106 cm³/mol. The first-order chi connectivity index (χ1) is 13.4. The number of likely N-dealkylation sites (tertiary alicyclic amines) is 1. The van der Waals surface area contributed by atoms with E-state index in [1.807, 2.05) is 6.92 Å². The van der Waals surface area contributed by atoms with Crippen LogP contribution >= 0.6 is 11.3 Å². The van der Waals surface area contributed by atoms with Gasteiger partial charge in [0.05, 0.1) is 26.8 Å². The van der Waals surface area contributed by atoms with Gasteiger partial charge in [0.2, 0.25) is 5.91 Å². The van der Waals surface area contributed by atoms with Crippen molar-refractivity contribution in [2.45, 2.75) is 25.8 Å². The predicted octanol–water partition coefficient (Wildman–Crippen LogP) is 2.83. The third-order valence-electron chi connectivity index (χ3n) is 5.21. The number of anilines is 2. The van der Waals surface area contributed by atoms with Crippen LogP contribution < -0.4 is 10.2 Å². The van der Waals surface area contributed by atoms with Gasteiger partial charge in [-0.1, -0.05) is 6.58 Å². The number of amides is 2. The molecule has 0 saturated carbocycles. The molecule has 9 heteroatoms. The summed E-state index contributed by atoms with van der Waals surface area (Å²) in [5.74, 6) is -0.846. The Morgan fingerprint density at radius 3 is 2.96 bits per heavy atom. The lowest BCUT2D eigenvalue weighted by Crippen LogP contribution is -2.49. The van der Waals surface area contributed by atoms with Gasteiger partial charge in [-0.2, -0.15) is 0 Å². The van der Waals surface area contributed by atoms with Gasteiger partial charge in [0.1, 0.15) is 0 Å². The maximum Gasteiger partial charge on any atom is 0.260 e. The highest BCUT2D eigenvalue weighted by Gasteiger charge is 2.36. The van der Waals surface area contributed by atoms with E-state index in [-0.39, 0.29) is 34.9 Å². The molecule has 1 N–H and O–H groups in total. The Balaban J connectivity index is 1.71. The summed E-state index contributed by atoms with van der Waals surface area (Å²) in [6.07, 6.45) is 4.59. The summed E-state index contributed by atoms with van der Waals surface area (Å²) in [4.78, 5) is 36.9. The molecular formula is C19H20FN5O2S. The molecule has 4 rings (SSSR count). The molecule has 2 aliphatic heterocycles. The smallest absolute Gasteiger partial charge is 0.260 e. The van der Waals surface area contributed by atoms with Crippen molar-refractivity contribution in [1.82, 2.24) is 14.9 Å². The number of halogens is 1. The molecule has 28 heavy (non-hydrogen) atoms. The molecule has 0 unspecified atom stereocenters. The summed E-state index contributed by atoms with van der Waals surface area (Å²) in [5, 5.41) is 3.37. The second kappa shape index (κ2) is 6.97. The molecule has 2 aromatic rings.